The maximum atomic E-state index is 5.13. The molecule has 4 fully saturated rings. The second kappa shape index (κ2) is 25.9. The zero-order valence-corrected chi connectivity index (χ0v) is 31.4. The van der Waals surface area contributed by atoms with Gasteiger partial charge in [0.25, 0.3) is 0 Å². The normalized spacial score (nSPS) is 19.6. The number of thiocarbonyl (C=S) groups is 4. The molecule has 0 aromatic carbocycles. The number of nitrogens with one attached hydrogen (secondary N) is 4. The summed E-state index contributed by atoms with van der Waals surface area (Å²) in [5.74, 6) is 0. The Balaban J connectivity index is 0.000000516. The summed E-state index contributed by atoms with van der Waals surface area (Å²) in [6.45, 7) is 21.4. The van der Waals surface area contributed by atoms with E-state index in [1.54, 1.807) is 0 Å². The van der Waals surface area contributed by atoms with Crippen LogP contribution in [0.3, 0.4) is 0 Å². The fourth-order valence-corrected chi connectivity index (χ4v) is 5.84. The van der Waals surface area contributed by atoms with Crippen LogP contribution in [0.4, 0.5) is 0 Å². The van der Waals surface area contributed by atoms with E-state index < -0.39 is 0 Å². The third-order valence-electron chi connectivity index (χ3n) is 7.20. The number of nitrogens with zero attached hydrogens (tertiary/aromatic N) is 4. The summed E-state index contributed by atoms with van der Waals surface area (Å²) in [6, 6.07) is 0. The van der Waals surface area contributed by atoms with Gasteiger partial charge in [-0.3, -0.25) is 0 Å². The van der Waals surface area contributed by atoms with Gasteiger partial charge in [0.1, 0.15) is 0 Å². The molecule has 0 spiro atoms. The third-order valence-corrected chi connectivity index (χ3v) is 8.81. The Morgan fingerprint density at radius 1 is 0.415 bits per heavy atom. The molecule has 4 saturated heterocycles. The fraction of sp³-hybridized carbons (Fsp3) is 0.857. The van der Waals surface area contributed by atoms with Crippen molar-refractivity contribution in [2.75, 3.05) is 78.5 Å². The van der Waals surface area contributed by atoms with Crippen LogP contribution in [0, 0.1) is 0 Å². The van der Waals surface area contributed by atoms with E-state index in [9.17, 15) is 0 Å². The predicted molar refractivity (Wildman–Crippen MR) is 188 cm³/mol. The van der Waals surface area contributed by atoms with Gasteiger partial charge < -0.3 is 40.9 Å². The van der Waals surface area contributed by atoms with E-state index in [4.69, 9.17) is 48.9 Å². The van der Waals surface area contributed by atoms with Gasteiger partial charge >= 0.3 is 0 Å². The molecule has 4 aliphatic heterocycles. The summed E-state index contributed by atoms with van der Waals surface area (Å²) >= 11 is 20.5. The van der Waals surface area contributed by atoms with Crippen molar-refractivity contribution in [3.05, 3.63) is 0 Å². The molecule has 41 heavy (non-hydrogen) atoms. The van der Waals surface area contributed by atoms with E-state index in [0.717, 1.165) is 99.0 Å². The minimum atomic E-state index is 0. The van der Waals surface area contributed by atoms with Gasteiger partial charge in [0.15, 0.2) is 20.4 Å². The molecule has 0 radical (unpaired) electrons. The third kappa shape index (κ3) is 18.0. The van der Waals surface area contributed by atoms with Gasteiger partial charge in [0.2, 0.25) is 0 Å². The van der Waals surface area contributed by atoms with Gasteiger partial charge in [-0.1, -0.05) is 0 Å². The molecule has 0 aromatic rings. The number of hydrogen-bond donors (Lipinski definition) is 4. The fourth-order valence-electron chi connectivity index (χ4n) is 4.55. The first-order chi connectivity index (χ1) is 19.4. The summed E-state index contributed by atoms with van der Waals surface area (Å²) in [4.78, 5) is 8.84. The largest absolute Gasteiger partial charge is 0.363 e. The van der Waals surface area contributed by atoms with E-state index in [1.807, 2.05) is 0 Å². The minimum absolute atomic E-state index is 0. The van der Waals surface area contributed by atoms with Crippen molar-refractivity contribution in [3.63, 3.8) is 0 Å². The Bertz CT molecular complexity index is 626. The molecule has 0 amide bonds. The Morgan fingerprint density at radius 2 is 0.610 bits per heavy atom. The summed E-state index contributed by atoms with van der Waals surface area (Å²) in [7, 11) is 0. The molecule has 0 bridgehead atoms. The van der Waals surface area contributed by atoms with Gasteiger partial charge in [-0.2, -0.15) is 0 Å². The SMILES string of the molecule is CCN1CCCCNC1=S.CCN1CCCCNC1=S.CCN1CCCCNC1=S.CCN1CCCCNC1=S.[Pt]. The van der Waals surface area contributed by atoms with Crippen molar-refractivity contribution < 1.29 is 21.1 Å². The van der Waals surface area contributed by atoms with Crippen molar-refractivity contribution >= 4 is 69.3 Å². The first-order valence-corrected chi connectivity index (χ1v) is 17.1. The van der Waals surface area contributed by atoms with Crippen LogP contribution in [0.5, 0.6) is 0 Å². The van der Waals surface area contributed by atoms with Crippen molar-refractivity contribution in [3.8, 4) is 0 Å². The minimum Gasteiger partial charge on any atom is -0.363 e. The first kappa shape index (κ1) is 40.4. The van der Waals surface area contributed by atoms with E-state index in [1.165, 1.54) is 51.4 Å². The van der Waals surface area contributed by atoms with E-state index in [-0.39, 0.29) is 21.1 Å². The first-order valence-electron chi connectivity index (χ1n) is 15.5. The topological polar surface area (TPSA) is 61.1 Å². The number of rotatable bonds is 4. The van der Waals surface area contributed by atoms with Crippen LogP contribution >= 0.6 is 48.9 Å². The van der Waals surface area contributed by atoms with Crippen LogP contribution in [-0.2, 0) is 21.1 Å². The monoisotopic (exact) mass is 827 g/mol. The Labute approximate surface area is 287 Å². The average molecular weight is 828 g/mol. The van der Waals surface area contributed by atoms with Crippen molar-refractivity contribution in [1.82, 2.24) is 40.9 Å². The smallest absolute Gasteiger partial charge is 0.168 e. The summed E-state index contributed by atoms with van der Waals surface area (Å²) in [6.07, 6.45) is 10.0. The van der Waals surface area contributed by atoms with Gasteiger partial charge in [-0.25, -0.2) is 0 Å². The molecular weight excluding hydrogens is 772 g/mol. The summed E-state index contributed by atoms with van der Waals surface area (Å²) in [5.41, 5.74) is 0. The van der Waals surface area contributed by atoms with Crippen molar-refractivity contribution in [1.29, 1.82) is 0 Å². The van der Waals surface area contributed by atoms with E-state index >= 15 is 0 Å². The van der Waals surface area contributed by atoms with Gasteiger partial charge in [-0.05, 0) is 128 Å². The average Bonchev–Trinajstić information content (AvgIpc) is 3.48. The van der Waals surface area contributed by atoms with Crippen LogP contribution in [-0.4, -0.2) is 119 Å². The molecular formula is C28H56N8PtS4. The van der Waals surface area contributed by atoms with Gasteiger partial charge in [0, 0.05) is 99.6 Å². The number of hydrogen-bond acceptors (Lipinski definition) is 4. The van der Waals surface area contributed by atoms with E-state index in [0.29, 0.717) is 0 Å². The molecule has 13 heteroatoms. The second-order valence-electron chi connectivity index (χ2n) is 10.1. The summed E-state index contributed by atoms with van der Waals surface area (Å²) in [5, 5.41) is 16.5. The molecule has 4 heterocycles. The maximum Gasteiger partial charge on any atom is 0.168 e. The molecule has 0 unspecified atom stereocenters. The Kier molecular flexibility index (Phi) is 25.6. The molecule has 8 nitrogen and oxygen atoms in total. The molecule has 0 atom stereocenters. The molecule has 242 valence electrons. The molecule has 4 N–H and O–H groups in total. The molecule has 4 rings (SSSR count). The Morgan fingerprint density at radius 3 is 0.780 bits per heavy atom. The van der Waals surface area contributed by atoms with Crippen LogP contribution in [0.15, 0.2) is 0 Å². The molecule has 0 saturated carbocycles. The second-order valence-corrected chi connectivity index (χ2v) is 11.6. The molecule has 0 aliphatic carbocycles. The van der Waals surface area contributed by atoms with Gasteiger partial charge in [-0.15, -0.1) is 0 Å². The molecule has 0 aromatic heterocycles. The predicted octanol–water partition coefficient (Wildman–Crippen LogP) is 3.90. The van der Waals surface area contributed by atoms with Crippen LogP contribution in [0.1, 0.15) is 79.1 Å². The zero-order valence-electron chi connectivity index (χ0n) is 25.9. The summed E-state index contributed by atoms with van der Waals surface area (Å²) < 4.78 is 0. The zero-order chi connectivity index (χ0) is 29.6. The Hall–Kier alpha value is -0.552. The van der Waals surface area contributed by atoms with Crippen LogP contribution in [0.25, 0.3) is 0 Å². The quantitative estimate of drug-likeness (QED) is 0.312. The van der Waals surface area contributed by atoms with Crippen LogP contribution in [0.2, 0.25) is 0 Å². The molecule has 4 aliphatic rings. The van der Waals surface area contributed by atoms with Crippen LogP contribution < -0.4 is 21.3 Å². The van der Waals surface area contributed by atoms with Crippen molar-refractivity contribution in [2.24, 2.45) is 0 Å². The van der Waals surface area contributed by atoms with E-state index in [2.05, 4.69) is 68.6 Å². The maximum absolute atomic E-state index is 5.13. The standard InChI is InChI=1S/4C7H14N2S.Pt/c4*1-2-9-6-4-3-5-8-7(9)10;/h4*2-6H2,1H3,(H,8,10);. The van der Waals surface area contributed by atoms with Crippen molar-refractivity contribution in [2.45, 2.75) is 79.1 Å². The van der Waals surface area contributed by atoms with Gasteiger partial charge in [0.05, 0.1) is 0 Å².